The predicted molar refractivity (Wildman–Crippen MR) is 139 cm³/mol. The summed E-state index contributed by atoms with van der Waals surface area (Å²) in [5.74, 6) is 7.08. The fraction of sp³-hybridized carbons (Fsp3) is 0.250. The Morgan fingerprint density at radius 2 is 1.97 bits per heavy atom. The zero-order valence-corrected chi connectivity index (χ0v) is 20.3. The summed E-state index contributed by atoms with van der Waals surface area (Å²) in [5, 5.41) is 2.80. The number of likely N-dealkylation sites (tertiary alicyclic amines) is 1. The van der Waals surface area contributed by atoms with Crippen molar-refractivity contribution in [2.45, 2.75) is 25.2 Å². The van der Waals surface area contributed by atoms with Gasteiger partial charge < -0.3 is 16.0 Å². The lowest BCUT2D eigenvalue weighted by Crippen LogP contribution is -2.45. The van der Waals surface area contributed by atoms with Crippen LogP contribution in [0, 0.1) is 17.8 Å². The van der Waals surface area contributed by atoms with Crippen molar-refractivity contribution >= 4 is 29.0 Å². The van der Waals surface area contributed by atoms with Crippen LogP contribution in [0.25, 0.3) is 16.8 Å². The highest BCUT2D eigenvalue weighted by atomic mass is 16.2. The van der Waals surface area contributed by atoms with Gasteiger partial charge in [0.05, 0.1) is 5.41 Å². The summed E-state index contributed by atoms with van der Waals surface area (Å²) in [6.45, 7) is 2.94. The third-order valence-corrected chi connectivity index (χ3v) is 7.51. The van der Waals surface area contributed by atoms with Crippen molar-refractivity contribution in [3.05, 3.63) is 72.4 Å². The van der Waals surface area contributed by atoms with Crippen molar-refractivity contribution in [1.82, 2.24) is 24.3 Å². The van der Waals surface area contributed by atoms with Crippen molar-refractivity contribution in [3.63, 3.8) is 0 Å². The van der Waals surface area contributed by atoms with E-state index in [9.17, 15) is 9.59 Å². The molecule has 1 aliphatic carbocycles. The minimum Gasteiger partial charge on any atom is -0.382 e. The quantitative estimate of drug-likeness (QED) is 0.424. The molecule has 1 saturated heterocycles. The normalized spacial score (nSPS) is 20.0. The highest BCUT2D eigenvalue weighted by Crippen LogP contribution is 2.53. The van der Waals surface area contributed by atoms with E-state index in [2.05, 4.69) is 27.1 Å². The molecule has 184 valence electrons. The minimum absolute atomic E-state index is 0.141. The van der Waals surface area contributed by atoms with E-state index in [0.29, 0.717) is 41.9 Å². The fourth-order valence-electron chi connectivity index (χ4n) is 5.57. The lowest BCUT2D eigenvalue weighted by atomic mass is 9.61. The van der Waals surface area contributed by atoms with Gasteiger partial charge in [0.2, 0.25) is 0 Å². The van der Waals surface area contributed by atoms with Crippen molar-refractivity contribution in [1.29, 1.82) is 0 Å². The number of anilines is 2. The first-order valence-corrected chi connectivity index (χ1v) is 12.2. The van der Waals surface area contributed by atoms with Gasteiger partial charge in [-0.25, -0.2) is 15.0 Å². The number of benzene rings is 1. The van der Waals surface area contributed by atoms with Gasteiger partial charge in [0, 0.05) is 42.8 Å². The summed E-state index contributed by atoms with van der Waals surface area (Å²) in [5.41, 5.74) is 8.87. The van der Waals surface area contributed by atoms with Crippen LogP contribution in [0.5, 0.6) is 0 Å². The standard InChI is InChI=1S/C28H25N7O2/c1-2-5-22(36)34-16-20-11-12-28(20,17-34)27-33-23(24-25(29)31-14-15-35(24)27)18-7-9-19(10-8-18)26(37)32-21-6-3-4-13-30-21/h3-4,6-10,13-15,20H,11-12,16-17H2,1H3,(H2,29,31)(H,30,32,37). The van der Waals surface area contributed by atoms with Crippen LogP contribution in [0.15, 0.2) is 61.1 Å². The molecule has 1 aliphatic heterocycles. The summed E-state index contributed by atoms with van der Waals surface area (Å²) in [6.07, 6.45) is 7.16. The predicted octanol–water partition coefficient (Wildman–Crippen LogP) is 3.14. The summed E-state index contributed by atoms with van der Waals surface area (Å²) in [4.78, 5) is 40.6. The zero-order valence-electron chi connectivity index (χ0n) is 20.3. The Kier molecular flexibility index (Phi) is 5.37. The molecule has 3 N–H and O–H groups in total. The maximum atomic E-state index is 12.7. The number of nitrogens with two attached hydrogens (primary N) is 1. The monoisotopic (exact) mass is 491 g/mol. The number of nitrogen functional groups attached to an aromatic ring is 1. The van der Waals surface area contributed by atoms with Crippen LogP contribution in [-0.4, -0.2) is 49.2 Å². The number of hydrogen-bond acceptors (Lipinski definition) is 6. The smallest absolute Gasteiger partial charge is 0.298 e. The summed E-state index contributed by atoms with van der Waals surface area (Å²) >= 11 is 0. The van der Waals surface area contributed by atoms with E-state index in [1.165, 1.54) is 0 Å². The van der Waals surface area contributed by atoms with Gasteiger partial charge in [-0.15, -0.1) is 0 Å². The van der Waals surface area contributed by atoms with Crippen LogP contribution < -0.4 is 11.1 Å². The van der Waals surface area contributed by atoms with Crippen LogP contribution in [-0.2, 0) is 10.2 Å². The summed E-state index contributed by atoms with van der Waals surface area (Å²) < 4.78 is 2.02. The largest absolute Gasteiger partial charge is 0.382 e. The second kappa shape index (κ2) is 8.75. The number of fused-ring (bicyclic) bond motifs is 2. The van der Waals surface area contributed by atoms with E-state index >= 15 is 0 Å². The number of amides is 2. The van der Waals surface area contributed by atoms with E-state index in [4.69, 9.17) is 10.7 Å². The van der Waals surface area contributed by atoms with E-state index in [-0.39, 0.29) is 17.2 Å². The van der Waals surface area contributed by atoms with Gasteiger partial charge in [0.15, 0.2) is 0 Å². The maximum Gasteiger partial charge on any atom is 0.298 e. The molecular formula is C28H25N7O2. The SMILES string of the molecule is CC#CC(=O)N1CC2CCC2(c2nc(-c3ccc(C(=O)Nc4ccccn4)cc3)c3c(N)nccn23)C1. The van der Waals surface area contributed by atoms with Crippen LogP contribution in [0.3, 0.4) is 0 Å². The minimum atomic E-state index is -0.247. The van der Waals surface area contributed by atoms with Crippen LogP contribution in [0.1, 0.15) is 35.9 Å². The van der Waals surface area contributed by atoms with E-state index in [0.717, 1.165) is 29.7 Å². The molecule has 1 saturated carbocycles. The number of carbonyl (C=O) groups is 2. The third-order valence-electron chi connectivity index (χ3n) is 7.51. The number of imidazole rings is 1. The molecule has 0 spiro atoms. The van der Waals surface area contributed by atoms with Crippen LogP contribution in [0.2, 0.25) is 0 Å². The number of pyridine rings is 1. The average molecular weight is 492 g/mol. The molecule has 6 rings (SSSR count). The molecule has 0 radical (unpaired) electrons. The number of rotatable bonds is 4. The van der Waals surface area contributed by atoms with Crippen LogP contribution in [0.4, 0.5) is 11.6 Å². The van der Waals surface area contributed by atoms with Crippen molar-refractivity contribution in [2.75, 3.05) is 24.1 Å². The lowest BCUT2D eigenvalue weighted by Gasteiger charge is -2.42. The van der Waals surface area contributed by atoms with Gasteiger partial charge in [-0.1, -0.05) is 24.1 Å². The summed E-state index contributed by atoms with van der Waals surface area (Å²) in [7, 11) is 0. The van der Waals surface area contributed by atoms with Crippen molar-refractivity contribution < 1.29 is 9.59 Å². The molecule has 4 heterocycles. The van der Waals surface area contributed by atoms with Crippen LogP contribution >= 0.6 is 0 Å². The van der Waals surface area contributed by atoms with Gasteiger partial charge in [-0.3, -0.25) is 14.0 Å². The highest BCUT2D eigenvalue weighted by Gasteiger charge is 2.57. The Hall–Kier alpha value is -4.71. The van der Waals surface area contributed by atoms with Gasteiger partial charge in [0.25, 0.3) is 11.8 Å². The average Bonchev–Trinajstić information content (AvgIpc) is 3.41. The first-order valence-electron chi connectivity index (χ1n) is 12.2. The highest BCUT2D eigenvalue weighted by molar-refractivity contribution is 6.04. The lowest BCUT2D eigenvalue weighted by molar-refractivity contribution is -0.124. The first-order chi connectivity index (χ1) is 18.0. The molecule has 2 atom stereocenters. The molecule has 1 aromatic carbocycles. The number of nitrogens with zero attached hydrogens (tertiary/aromatic N) is 5. The maximum absolute atomic E-state index is 12.7. The fourth-order valence-corrected chi connectivity index (χ4v) is 5.57. The molecule has 2 fully saturated rings. The first kappa shape index (κ1) is 22.7. The molecule has 9 nitrogen and oxygen atoms in total. The third kappa shape index (κ3) is 3.69. The van der Waals surface area contributed by atoms with E-state index in [1.54, 1.807) is 43.6 Å². The molecular weight excluding hydrogens is 466 g/mol. The van der Waals surface area contributed by atoms with Gasteiger partial charge >= 0.3 is 0 Å². The molecule has 3 aromatic heterocycles. The second-order valence-corrected chi connectivity index (χ2v) is 9.51. The molecule has 0 bridgehead atoms. The van der Waals surface area contributed by atoms with E-state index < -0.39 is 0 Å². The number of aromatic nitrogens is 4. The number of carbonyl (C=O) groups excluding carboxylic acids is 2. The van der Waals surface area contributed by atoms with Crippen molar-refractivity contribution in [3.8, 4) is 23.1 Å². The van der Waals surface area contributed by atoms with Gasteiger partial charge in [-0.2, -0.15) is 0 Å². The Bertz CT molecular complexity index is 1580. The molecule has 2 amide bonds. The number of nitrogens with one attached hydrogen (secondary N) is 1. The van der Waals surface area contributed by atoms with Gasteiger partial charge in [-0.05, 0) is 55.9 Å². The van der Waals surface area contributed by atoms with E-state index in [1.807, 2.05) is 33.7 Å². The molecule has 2 aliphatic rings. The summed E-state index contributed by atoms with van der Waals surface area (Å²) in [6, 6.07) is 12.6. The van der Waals surface area contributed by atoms with Gasteiger partial charge in [0.1, 0.15) is 28.7 Å². The molecule has 37 heavy (non-hydrogen) atoms. The molecule has 9 heteroatoms. The Balaban J connectivity index is 1.36. The number of hydrogen-bond donors (Lipinski definition) is 2. The Morgan fingerprint density at radius 1 is 1.14 bits per heavy atom. The topological polar surface area (TPSA) is 119 Å². The van der Waals surface area contributed by atoms with Crippen molar-refractivity contribution in [2.24, 2.45) is 5.92 Å². The second-order valence-electron chi connectivity index (χ2n) is 9.51. The Labute approximate surface area is 213 Å². The zero-order chi connectivity index (χ0) is 25.6. The Morgan fingerprint density at radius 3 is 2.68 bits per heavy atom. The molecule has 2 unspecified atom stereocenters. The molecule has 4 aromatic rings.